The quantitative estimate of drug-likeness (QED) is 0.791. The molecule has 1 N–H and O–H groups in total. The molecule has 0 aliphatic heterocycles. The van der Waals surface area contributed by atoms with Crippen LogP contribution >= 0.6 is 0 Å². The Morgan fingerprint density at radius 3 is 2.75 bits per heavy atom. The SMILES string of the molecule is CCOC(=O)C1CC1Cc1ccc(O)cc1. The van der Waals surface area contributed by atoms with E-state index in [2.05, 4.69) is 0 Å². The second-order valence-electron chi connectivity index (χ2n) is 4.22. The molecule has 1 aromatic carbocycles. The van der Waals surface area contributed by atoms with Crippen LogP contribution in [0.25, 0.3) is 0 Å². The Morgan fingerprint density at radius 1 is 1.44 bits per heavy atom. The molecule has 1 aliphatic carbocycles. The van der Waals surface area contributed by atoms with Crippen LogP contribution in [0, 0.1) is 11.8 Å². The number of carbonyl (C=O) groups excluding carboxylic acids is 1. The van der Waals surface area contributed by atoms with Crippen LogP contribution in [0.2, 0.25) is 0 Å². The van der Waals surface area contributed by atoms with Gasteiger partial charge in [0, 0.05) is 0 Å². The number of hydrogen-bond acceptors (Lipinski definition) is 3. The fourth-order valence-electron chi connectivity index (χ4n) is 1.95. The van der Waals surface area contributed by atoms with Crippen molar-refractivity contribution in [3.8, 4) is 5.75 Å². The second kappa shape index (κ2) is 4.56. The Hall–Kier alpha value is -1.51. The summed E-state index contributed by atoms with van der Waals surface area (Å²) in [4.78, 5) is 11.4. The minimum Gasteiger partial charge on any atom is -0.508 e. The maximum atomic E-state index is 11.4. The fraction of sp³-hybridized carbons (Fsp3) is 0.462. The predicted octanol–water partition coefficient (Wildman–Crippen LogP) is 2.13. The number of carbonyl (C=O) groups is 1. The lowest BCUT2D eigenvalue weighted by atomic mass is 10.1. The van der Waals surface area contributed by atoms with Gasteiger partial charge in [-0.15, -0.1) is 0 Å². The van der Waals surface area contributed by atoms with Crippen molar-refractivity contribution in [3.05, 3.63) is 29.8 Å². The highest BCUT2D eigenvalue weighted by Gasteiger charge is 2.43. The lowest BCUT2D eigenvalue weighted by Gasteiger charge is -2.02. The zero-order chi connectivity index (χ0) is 11.5. The molecule has 16 heavy (non-hydrogen) atoms. The standard InChI is InChI=1S/C13H16O3/c1-2-16-13(15)12-8-10(12)7-9-3-5-11(14)6-4-9/h3-6,10,12,14H,2,7-8H2,1H3. The monoisotopic (exact) mass is 220 g/mol. The molecule has 0 saturated heterocycles. The molecule has 1 fully saturated rings. The highest BCUT2D eigenvalue weighted by atomic mass is 16.5. The Morgan fingerprint density at radius 2 is 2.12 bits per heavy atom. The van der Waals surface area contributed by atoms with Crippen molar-refractivity contribution in [2.45, 2.75) is 19.8 Å². The van der Waals surface area contributed by atoms with Crippen LogP contribution in [0.15, 0.2) is 24.3 Å². The van der Waals surface area contributed by atoms with Gasteiger partial charge in [0.1, 0.15) is 5.75 Å². The van der Waals surface area contributed by atoms with Gasteiger partial charge in [0.05, 0.1) is 12.5 Å². The zero-order valence-electron chi connectivity index (χ0n) is 9.35. The summed E-state index contributed by atoms with van der Waals surface area (Å²) in [6, 6.07) is 7.15. The van der Waals surface area contributed by atoms with Crippen molar-refractivity contribution in [2.24, 2.45) is 11.8 Å². The third-order valence-electron chi connectivity index (χ3n) is 2.95. The highest BCUT2D eigenvalue weighted by molar-refractivity contribution is 5.75. The third kappa shape index (κ3) is 2.54. The number of phenolic OH excluding ortho intramolecular Hbond substituents is 1. The molecule has 3 heteroatoms. The smallest absolute Gasteiger partial charge is 0.309 e. The van der Waals surface area contributed by atoms with Crippen LogP contribution in [0.4, 0.5) is 0 Å². The number of benzene rings is 1. The van der Waals surface area contributed by atoms with Crippen molar-refractivity contribution in [1.29, 1.82) is 0 Å². The summed E-state index contributed by atoms with van der Waals surface area (Å²) < 4.78 is 4.97. The van der Waals surface area contributed by atoms with E-state index < -0.39 is 0 Å². The average molecular weight is 220 g/mol. The molecule has 0 amide bonds. The van der Waals surface area contributed by atoms with Gasteiger partial charge in [-0.3, -0.25) is 4.79 Å². The molecule has 1 saturated carbocycles. The molecule has 2 atom stereocenters. The van der Waals surface area contributed by atoms with Crippen LogP contribution in [0.5, 0.6) is 5.75 Å². The van der Waals surface area contributed by atoms with Gasteiger partial charge in [-0.1, -0.05) is 12.1 Å². The maximum absolute atomic E-state index is 11.4. The van der Waals surface area contributed by atoms with Crippen LogP contribution in [-0.2, 0) is 16.0 Å². The van der Waals surface area contributed by atoms with E-state index in [1.807, 2.05) is 19.1 Å². The molecule has 0 spiro atoms. The summed E-state index contributed by atoms with van der Waals surface area (Å²) >= 11 is 0. The van der Waals surface area contributed by atoms with Gasteiger partial charge in [0.25, 0.3) is 0 Å². The Kier molecular flexibility index (Phi) is 3.13. The lowest BCUT2D eigenvalue weighted by Crippen LogP contribution is -2.08. The molecular weight excluding hydrogens is 204 g/mol. The molecule has 2 unspecified atom stereocenters. The van der Waals surface area contributed by atoms with E-state index in [1.54, 1.807) is 12.1 Å². The molecule has 1 aromatic rings. The molecule has 0 bridgehead atoms. The van der Waals surface area contributed by atoms with E-state index >= 15 is 0 Å². The summed E-state index contributed by atoms with van der Waals surface area (Å²) in [6.07, 6.45) is 1.82. The van der Waals surface area contributed by atoms with E-state index in [0.717, 1.165) is 18.4 Å². The topological polar surface area (TPSA) is 46.5 Å². The fourth-order valence-corrected chi connectivity index (χ4v) is 1.95. The number of rotatable bonds is 4. The zero-order valence-corrected chi connectivity index (χ0v) is 9.35. The minimum atomic E-state index is -0.0636. The second-order valence-corrected chi connectivity index (χ2v) is 4.22. The van der Waals surface area contributed by atoms with E-state index in [4.69, 9.17) is 9.84 Å². The first kappa shape index (κ1) is 11.0. The van der Waals surface area contributed by atoms with Gasteiger partial charge < -0.3 is 9.84 Å². The van der Waals surface area contributed by atoms with Crippen molar-refractivity contribution < 1.29 is 14.6 Å². The first-order valence-corrected chi connectivity index (χ1v) is 5.65. The lowest BCUT2D eigenvalue weighted by molar-refractivity contribution is -0.145. The van der Waals surface area contributed by atoms with Crippen LogP contribution in [0.3, 0.4) is 0 Å². The number of ether oxygens (including phenoxy) is 1. The van der Waals surface area contributed by atoms with Gasteiger partial charge in [0.15, 0.2) is 0 Å². The van der Waals surface area contributed by atoms with Crippen LogP contribution in [-0.4, -0.2) is 17.7 Å². The van der Waals surface area contributed by atoms with E-state index in [-0.39, 0.29) is 17.6 Å². The number of aromatic hydroxyl groups is 1. The van der Waals surface area contributed by atoms with E-state index in [1.165, 1.54) is 0 Å². The number of esters is 1. The number of hydrogen-bond donors (Lipinski definition) is 1. The van der Waals surface area contributed by atoms with Crippen LogP contribution in [0.1, 0.15) is 18.9 Å². The molecule has 2 rings (SSSR count). The minimum absolute atomic E-state index is 0.0636. The van der Waals surface area contributed by atoms with Crippen molar-refractivity contribution in [3.63, 3.8) is 0 Å². The average Bonchev–Trinajstić information content (AvgIpc) is 3.01. The Labute approximate surface area is 95.0 Å². The summed E-state index contributed by atoms with van der Waals surface area (Å²) in [5, 5.41) is 9.14. The Balaban J connectivity index is 1.85. The van der Waals surface area contributed by atoms with Gasteiger partial charge in [0.2, 0.25) is 0 Å². The van der Waals surface area contributed by atoms with Gasteiger partial charge >= 0.3 is 5.97 Å². The summed E-state index contributed by atoms with van der Waals surface area (Å²) in [6.45, 7) is 2.29. The largest absolute Gasteiger partial charge is 0.508 e. The summed E-state index contributed by atoms with van der Waals surface area (Å²) in [5.41, 5.74) is 1.16. The predicted molar refractivity (Wildman–Crippen MR) is 60.0 cm³/mol. The first-order chi connectivity index (χ1) is 7.70. The van der Waals surface area contributed by atoms with Gasteiger partial charge in [-0.2, -0.15) is 0 Å². The van der Waals surface area contributed by atoms with Crippen molar-refractivity contribution in [1.82, 2.24) is 0 Å². The highest BCUT2D eigenvalue weighted by Crippen LogP contribution is 2.42. The van der Waals surface area contributed by atoms with Gasteiger partial charge in [-0.25, -0.2) is 0 Å². The van der Waals surface area contributed by atoms with E-state index in [9.17, 15) is 4.79 Å². The molecule has 3 nitrogen and oxygen atoms in total. The molecular formula is C13H16O3. The summed E-state index contributed by atoms with van der Waals surface area (Å²) in [7, 11) is 0. The van der Waals surface area contributed by atoms with Crippen molar-refractivity contribution in [2.75, 3.05) is 6.61 Å². The molecule has 0 heterocycles. The molecule has 0 radical (unpaired) electrons. The normalized spacial score (nSPS) is 22.8. The van der Waals surface area contributed by atoms with Crippen molar-refractivity contribution >= 4 is 5.97 Å². The van der Waals surface area contributed by atoms with Gasteiger partial charge in [-0.05, 0) is 43.4 Å². The Bertz CT molecular complexity index is 369. The first-order valence-electron chi connectivity index (χ1n) is 5.65. The maximum Gasteiger partial charge on any atom is 0.309 e. The van der Waals surface area contributed by atoms with Crippen LogP contribution < -0.4 is 0 Å². The van der Waals surface area contributed by atoms with E-state index in [0.29, 0.717) is 12.5 Å². The molecule has 0 aromatic heterocycles. The number of phenols is 1. The molecule has 86 valence electrons. The molecule has 1 aliphatic rings. The summed E-state index contributed by atoms with van der Waals surface area (Å²) in [5.74, 6) is 0.727. The third-order valence-corrected chi connectivity index (χ3v) is 2.95.